The van der Waals surface area contributed by atoms with Gasteiger partial charge in [-0.2, -0.15) is 0 Å². The van der Waals surface area contributed by atoms with Crippen molar-refractivity contribution >= 4 is 5.91 Å². The Kier molecular flexibility index (Phi) is 3.81. The summed E-state index contributed by atoms with van der Waals surface area (Å²) in [4.78, 5) is 14.9. The first-order valence-corrected chi connectivity index (χ1v) is 7.91. The van der Waals surface area contributed by atoms with Gasteiger partial charge in [-0.15, -0.1) is 0 Å². The van der Waals surface area contributed by atoms with Crippen LogP contribution in [0.3, 0.4) is 0 Å². The predicted octanol–water partition coefficient (Wildman–Crippen LogP) is 1.12. The Labute approximate surface area is 116 Å². The van der Waals surface area contributed by atoms with Crippen LogP contribution in [0.5, 0.6) is 0 Å². The number of hydrogen-bond acceptors (Lipinski definition) is 3. The van der Waals surface area contributed by atoms with Gasteiger partial charge < -0.3 is 15.5 Å². The van der Waals surface area contributed by atoms with Crippen molar-refractivity contribution in [2.75, 3.05) is 13.6 Å². The van der Waals surface area contributed by atoms with Crippen LogP contribution in [0.25, 0.3) is 0 Å². The van der Waals surface area contributed by atoms with Crippen molar-refractivity contribution in [3.8, 4) is 0 Å². The number of nitrogens with zero attached hydrogens (tertiary/aromatic N) is 1. The molecule has 0 aromatic carbocycles. The van der Waals surface area contributed by atoms with Gasteiger partial charge in [0.2, 0.25) is 5.91 Å². The normalized spacial score (nSPS) is 43.2. The number of hydrogen-bond donors (Lipinski definition) is 2. The Morgan fingerprint density at radius 2 is 1.89 bits per heavy atom. The van der Waals surface area contributed by atoms with E-state index in [1.54, 1.807) is 0 Å². The molecule has 3 fully saturated rings. The zero-order valence-electron chi connectivity index (χ0n) is 12.2. The summed E-state index contributed by atoms with van der Waals surface area (Å²) in [7, 11) is 2.26. The molecule has 19 heavy (non-hydrogen) atoms. The Morgan fingerprint density at radius 1 is 1.21 bits per heavy atom. The SMILES string of the molecule is CC1NCCC1C(=O)NC1CC2CCCC(C1)N2C. The number of carbonyl (C=O) groups excluding carboxylic acids is 1. The number of rotatable bonds is 2. The monoisotopic (exact) mass is 265 g/mol. The lowest BCUT2D eigenvalue weighted by Gasteiger charge is -2.47. The van der Waals surface area contributed by atoms with Crippen molar-refractivity contribution in [3.63, 3.8) is 0 Å². The fraction of sp³-hybridized carbons (Fsp3) is 0.933. The molecule has 0 aromatic rings. The zero-order chi connectivity index (χ0) is 13.4. The van der Waals surface area contributed by atoms with E-state index in [0.29, 0.717) is 24.2 Å². The third-order valence-corrected chi connectivity index (χ3v) is 5.55. The molecule has 1 amide bonds. The summed E-state index contributed by atoms with van der Waals surface area (Å²) in [5.41, 5.74) is 0. The third kappa shape index (κ3) is 2.65. The van der Waals surface area contributed by atoms with Crippen LogP contribution in [-0.2, 0) is 4.79 Å². The van der Waals surface area contributed by atoms with Gasteiger partial charge in [-0.1, -0.05) is 6.42 Å². The van der Waals surface area contributed by atoms with Gasteiger partial charge in [-0.05, 0) is 52.6 Å². The van der Waals surface area contributed by atoms with E-state index in [1.165, 1.54) is 19.3 Å². The highest BCUT2D eigenvalue weighted by molar-refractivity contribution is 5.80. The molecular weight excluding hydrogens is 238 g/mol. The van der Waals surface area contributed by atoms with Crippen LogP contribution in [0.2, 0.25) is 0 Å². The van der Waals surface area contributed by atoms with Crippen LogP contribution in [0, 0.1) is 5.92 Å². The molecule has 0 spiro atoms. The van der Waals surface area contributed by atoms with Crippen LogP contribution in [-0.4, -0.2) is 48.6 Å². The van der Waals surface area contributed by atoms with Gasteiger partial charge in [0.1, 0.15) is 0 Å². The summed E-state index contributed by atoms with van der Waals surface area (Å²) >= 11 is 0. The fourth-order valence-electron chi connectivity index (χ4n) is 4.26. The lowest BCUT2D eigenvalue weighted by molar-refractivity contribution is -0.126. The highest BCUT2D eigenvalue weighted by Gasteiger charge is 2.38. The molecule has 3 rings (SSSR count). The second-order valence-electron chi connectivity index (χ2n) is 6.72. The molecule has 0 radical (unpaired) electrons. The summed E-state index contributed by atoms with van der Waals surface area (Å²) in [6.45, 7) is 3.11. The van der Waals surface area contributed by atoms with Crippen LogP contribution in [0.4, 0.5) is 0 Å². The molecule has 4 atom stereocenters. The maximum absolute atomic E-state index is 12.4. The molecule has 2 N–H and O–H groups in total. The largest absolute Gasteiger partial charge is 0.353 e. The second-order valence-corrected chi connectivity index (χ2v) is 6.72. The number of fused-ring (bicyclic) bond motifs is 2. The first kappa shape index (κ1) is 13.4. The number of amides is 1. The molecule has 3 saturated heterocycles. The lowest BCUT2D eigenvalue weighted by Crippen LogP contribution is -2.56. The van der Waals surface area contributed by atoms with Gasteiger partial charge in [-0.25, -0.2) is 0 Å². The Morgan fingerprint density at radius 3 is 2.47 bits per heavy atom. The van der Waals surface area contributed by atoms with Gasteiger partial charge in [0, 0.05) is 24.2 Å². The Bertz CT molecular complexity index is 332. The average Bonchev–Trinajstić information content (AvgIpc) is 2.77. The van der Waals surface area contributed by atoms with E-state index < -0.39 is 0 Å². The van der Waals surface area contributed by atoms with Crippen molar-refractivity contribution in [1.29, 1.82) is 0 Å². The number of carbonyl (C=O) groups is 1. The van der Waals surface area contributed by atoms with Crippen LogP contribution >= 0.6 is 0 Å². The summed E-state index contributed by atoms with van der Waals surface area (Å²) < 4.78 is 0. The predicted molar refractivity (Wildman–Crippen MR) is 75.9 cm³/mol. The van der Waals surface area contributed by atoms with E-state index in [2.05, 4.69) is 29.5 Å². The maximum Gasteiger partial charge on any atom is 0.224 e. The summed E-state index contributed by atoms with van der Waals surface area (Å²) in [5, 5.41) is 6.70. The number of nitrogens with one attached hydrogen (secondary N) is 2. The van der Waals surface area contributed by atoms with Crippen LogP contribution in [0.15, 0.2) is 0 Å². The van der Waals surface area contributed by atoms with Crippen molar-refractivity contribution in [2.24, 2.45) is 5.92 Å². The van der Waals surface area contributed by atoms with Gasteiger partial charge >= 0.3 is 0 Å². The molecule has 3 aliphatic heterocycles. The summed E-state index contributed by atoms with van der Waals surface area (Å²) in [6, 6.07) is 2.13. The molecule has 4 unspecified atom stereocenters. The first-order valence-electron chi connectivity index (χ1n) is 7.91. The molecule has 2 bridgehead atoms. The van der Waals surface area contributed by atoms with E-state index in [0.717, 1.165) is 25.8 Å². The van der Waals surface area contributed by atoms with E-state index in [-0.39, 0.29) is 11.8 Å². The van der Waals surface area contributed by atoms with Crippen molar-refractivity contribution in [1.82, 2.24) is 15.5 Å². The average molecular weight is 265 g/mol. The van der Waals surface area contributed by atoms with Crippen LogP contribution < -0.4 is 10.6 Å². The topological polar surface area (TPSA) is 44.4 Å². The van der Waals surface area contributed by atoms with E-state index in [4.69, 9.17) is 0 Å². The molecule has 0 saturated carbocycles. The summed E-state index contributed by atoms with van der Waals surface area (Å²) in [6.07, 6.45) is 7.26. The molecule has 108 valence electrons. The van der Waals surface area contributed by atoms with Gasteiger partial charge in [0.05, 0.1) is 5.92 Å². The van der Waals surface area contributed by atoms with Gasteiger partial charge in [-0.3, -0.25) is 4.79 Å². The minimum atomic E-state index is 0.180. The number of piperidine rings is 2. The quantitative estimate of drug-likeness (QED) is 0.786. The molecule has 0 aliphatic carbocycles. The molecule has 3 aliphatic rings. The van der Waals surface area contributed by atoms with Gasteiger partial charge in [0.15, 0.2) is 0 Å². The first-order chi connectivity index (χ1) is 9.15. The molecule has 0 aromatic heterocycles. The zero-order valence-corrected chi connectivity index (χ0v) is 12.2. The highest BCUT2D eigenvalue weighted by Crippen LogP contribution is 2.32. The molecule has 4 nitrogen and oxygen atoms in total. The second kappa shape index (κ2) is 5.41. The summed E-state index contributed by atoms with van der Waals surface area (Å²) in [5.74, 6) is 0.463. The highest BCUT2D eigenvalue weighted by atomic mass is 16.2. The smallest absolute Gasteiger partial charge is 0.224 e. The standard InChI is InChI=1S/C15H27N3O/c1-10-14(6-7-16-10)15(19)17-11-8-12-4-3-5-13(9-11)18(12)2/h10-14,16H,3-9H2,1-2H3,(H,17,19). The van der Waals surface area contributed by atoms with Crippen molar-refractivity contribution < 1.29 is 4.79 Å². The van der Waals surface area contributed by atoms with Gasteiger partial charge in [0.25, 0.3) is 0 Å². The van der Waals surface area contributed by atoms with Crippen molar-refractivity contribution in [3.05, 3.63) is 0 Å². The van der Waals surface area contributed by atoms with E-state index in [1.807, 2.05) is 0 Å². The maximum atomic E-state index is 12.4. The van der Waals surface area contributed by atoms with Crippen LogP contribution in [0.1, 0.15) is 45.4 Å². The molecule has 3 heterocycles. The van der Waals surface area contributed by atoms with E-state index >= 15 is 0 Å². The molecular formula is C15H27N3O. The Balaban J connectivity index is 1.57. The lowest BCUT2D eigenvalue weighted by atomic mass is 9.82. The third-order valence-electron chi connectivity index (χ3n) is 5.55. The molecule has 4 heteroatoms. The fourth-order valence-corrected chi connectivity index (χ4v) is 4.26. The Hall–Kier alpha value is -0.610. The van der Waals surface area contributed by atoms with Crippen molar-refractivity contribution in [2.45, 2.75) is 69.6 Å². The minimum Gasteiger partial charge on any atom is -0.353 e. The van der Waals surface area contributed by atoms with E-state index in [9.17, 15) is 4.79 Å². The minimum absolute atomic E-state index is 0.180.